The number of likely N-dealkylation sites (N-methyl/N-ethyl adjacent to an activating group) is 1. The van der Waals surface area contributed by atoms with Gasteiger partial charge in [0.2, 0.25) is 0 Å². The van der Waals surface area contributed by atoms with Crippen molar-refractivity contribution in [3.05, 3.63) is 0 Å². The molecule has 2 N–H and O–H groups in total. The highest BCUT2D eigenvalue weighted by molar-refractivity contribution is 4.96. The summed E-state index contributed by atoms with van der Waals surface area (Å²) in [6.07, 6.45) is 6.39. The number of nitrogens with two attached hydrogens (primary N) is 1. The molecule has 3 nitrogen and oxygen atoms in total. The number of rotatable bonds is 6. The maximum Gasteiger partial charge on any atom is 0.0589 e. The van der Waals surface area contributed by atoms with Crippen LogP contribution in [0.5, 0.6) is 0 Å². The van der Waals surface area contributed by atoms with Crippen molar-refractivity contribution in [2.75, 3.05) is 26.7 Å². The van der Waals surface area contributed by atoms with Crippen LogP contribution in [0, 0.1) is 0 Å². The second-order valence-corrected chi connectivity index (χ2v) is 4.96. The van der Waals surface area contributed by atoms with Crippen LogP contribution in [-0.4, -0.2) is 43.3 Å². The first-order chi connectivity index (χ1) is 7.72. The fraction of sp³-hybridized carbons (Fsp3) is 1.00. The summed E-state index contributed by atoms with van der Waals surface area (Å²) >= 11 is 0. The lowest BCUT2D eigenvalue weighted by Gasteiger charge is -2.47. The van der Waals surface area contributed by atoms with Gasteiger partial charge in [0.15, 0.2) is 0 Å². The van der Waals surface area contributed by atoms with Gasteiger partial charge in [0, 0.05) is 19.2 Å². The predicted octanol–water partition coefficient (Wildman–Crippen LogP) is 2.00. The van der Waals surface area contributed by atoms with Crippen molar-refractivity contribution in [2.45, 2.75) is 57.6 Å². The molecule has 16 heavy (non-hydrogen) atoms. The summed E-state index contributed by atoms with van der Waals surface area (Å²) in [5.74, 6) is 0. The predicted molar refractivity (Wildman–Crippen MR) is 68.6 cm³/mol. The molecule has 96 valence electrons. The monoisotopic (exact) mass is 228 g/mol. The number of nitrogens with zero attached hydrogens (tertiary/aromatic N) is 1. The van der Waals surface area contributed by atoms with E-state index in [1.54, 1.807) is 0 Å². The average molecular weight is 228 g/mol. The Kier molecular flexibility index (Phi) is 5.73. The quantitative estimate of drug-likeness (QED) is 0.756. The van der Waals surface area contributed by atoms with E-state index in [1.807, 2.05) is 7.11 Å². The van der Waals surface area contributed by atoms with Crippen molar-refractivity contribution in [1.82, 2.24) is 4.90 Å². The van der Waals surface area contributed by atoms with Crippen LogP contribution >= 0.6 is 0 Å². The SMILES string of the molecule is CCCN(CC)C1(CN)CCCC(OC)C1. The van der Waals surface area contributed by atoms with Gasteiger partial charge >= 0.3 is 0 Å². The molecule has 1 aliphatic carbocycles. The molecule has 0 radical (unpaired) electrons. The summed E-state index contributed by atoms with van der Waals surface area (Å²) in [6, 6.07) is 0. The molecule has 0 amide bonds. The first kappa shape index (κ1) is 13.9. The molecule has 0 aromatic heterocycles. The Bertz CT molecular complexity index is 198. The van der Waals surface area contributed by atoms with E-state index in [0.29, 0.717) is 6.10 Å². The first-order valence-electron chi connectivity index (χ1n) is 6.70. The summed E-state index contributed by atoms with van der Waals surface area (Å²) in [4.78, 5) is 2.57. The molecule has 3 heteroatoms. The van der Waals surface area contributed by atoms with Crippen LogP contribution in [0.1, 0.15) is 46.0 Å². The fourth-order valence-corrected chi connectivity index (χ4v) is 3.09. The van der Waals surface area contributed by atoms with Crippen LogP contribution in [0.15, 0.2) is 0 Å². The lowest BCUT2D eigenvalue weighted by molar-refractivity contribution is -0.0201. The van der Waals surface area contributed by atoms with Crippen LogP contribution in [0.25, 0.3) is 0 Å². The second kappa shape index (κ2) is 6.58. The zero-order valence-corrected chi connectivity index (χ0v) is 11.2. The van der Waals surface area contributed by atoms with E-state index in [4.69, 9.17) is 10.5 Å². The van der Waals surface area contributed by atoms with Gasteiger partial charge in [-0.15, -0.1) is 0 Å². The normalized spacial score (nSPS) is 30.9. The molecule has 1 rings (SSSR count). The molecular weight excluding hydrogens is 200 g/mol. The van der Waals surface area contributed by atoms with Crippen molar-refractivity contribution in [1.29, 1.82) is 0 Å². The van der Waals surface area contributed by atoms with Crippen molar-refractivity contribution < 1.29 is 4.74 Å². The summed E-state index contributed by atoms with van der Waals surface area (Å²) in [7, 11) is 1.83. The molecule has 0 aliphatic heterocycles. The minimum atomic E-state index is 0.198. The summed E-state index contributed by atoms with van der Waals surface area (Å²) in [5, 5.41) is 0. The molecule has 1 fully saturated rings. The largest absolute Gasteiger partial charge is 0.381 e. The van der Waals surface area contributed by atoms with Gasteiger partial charge in [-0.1, -0.05) is 13.8 Å². The second-order valence-electron chi connectivity index (χ2n) is 4.96. The third kappa shape index (κ3) is 2.96. The van der Waals surface area contributed by atoms with Gasteiger partial charge in [-0.25, -0.2) is 0 Å². The molecule has 0 aromatic rings. The van der Waals surface area contributed by atoms with Gasteiger partial charge in [0.1, 0.15) is 0 Å². The smallest absolute Gasteiger partial charge is 0.0589 e. The zero-order valence-electron chi connectivity index (χ0n) is 11.2. The Labute approximate surface area is 100 Å². The van der Waals surface area contributed by atoms with Gasteiger partial charge in [-0.2, -0.15) is 0 Å². The van der Waals surface area contributed by atoms with E-state index in [0.717, 1.165) is 26.1 Å². The highest BCUT2D eigenvalue weighted by Gasteiger charge is 2.39. The van der Waals surface area contributed by atoms with Crippen LogP contribution in [-0.2, 0) is 4.74 Å². The van der Waals surface area contributed by atoms with E-state index < -0.39 is 0 Å². The van der Waals surface area contributed by atoms with Crippen molar-refractivity contribution in [3.63, 3.8) is 0 Å². The van der Waals surface area contributed by atoms with E-state index in [9.17, 15) is 0 Å². The maximum absolute atomic E-state index is 6.06. The van der Waals surface area contributed by atoms with Crippen LogP contribution in [0.3, 0.4) is 0 Å². The third-order valence-electron chi connectivity index (χ3n) is 4.04. The Balaban J connectivity index is 2.73. The van der Waals surface area contributed by atoms with E-state index in [2.05, 4.69) is 18.7 Å². The van der Waals surface area contributed by atoms with Crippen molar-refractivity contribution in [3.8, 4) is 0 Å². The lowest BCUT2D eigenvalue weighted by Crippen LogP contribution is -2.57. The maximum atomic E-state index is 6.06. The van der Waals surface area contributed by atoms with Crippen LogP contribution in [0.2, 0.25) is 0 Å². The molecular formula is C13H28N2O. The summed E-state index contributed by atoms with van der Waals surface area (Å²) < 4.78 is 5.54. The molecule has 0 saturated heterocycles. The molecule has 1 saturated carbocycles. The zero-order chi connectivity index (χ0) is 12.0. The van der Waals surface area contributed by atoms with E-state index in [-0.39, 0.29) is 5.54 Å². The van der Waals surface area contributed by atoms with Crippen LogP contribution in [0.4, 0.5) is 0 Å². The van der Waals surface area contributed by atoms with Gasteiger partial charge in [-0.05, 0) is 45.2 Å². The molecule has 1 aliphatic rings. The Morgan fingerprint density at radius 2 is 2.19 bits per heavy atom. The van der Waals surface area contributed by atoms with Crippen molar-refractivity contribution >= 4 is 0 Å². The molecule has 2 atom stereocenters. The van der Waals surface area contributed by atoms with Crippen LogP contribution < -0.4 is 5.73 Å². The summed E-state index contributed by atoms with van der Waals surface area (Å²) in [6.45, 7) is 7.50. The van der Waals surface area contributed by atoms with Gasteiger partial charge in [0.05, 0.1) is 6.10 Å². The highest BCUT2D eigenvalue weighted by atomic mass is 16.5. The first-order valence-corrected chi connectivity index (χ1v) is 6.70. The Morgan fingerprint density at radius 1 is 1.44 bits per heavy atom. The molecule has 0 bridgehead atoms. The van der Waals surface area contributed by atoms with E-state index >= 15 is 0 Å². The fourth-order valence-electron chi connectivity index (χ4n) is 3.09. The van der Waals surface area contributed by atoms with Gasteiger partial charge in [0.25, 0.3) is 0 Å². The third-order valence-corrected chi connectivity index (χ3v) is 4.04. The molecule has 2 unspecified atom stereocenters. The Hall–Kier alpha value is -0.120. The standard InChI is InChI=1S/C13H28N2O/c1-4-9-15(5-2)13(11-14)8-6-7-12(10-13)16-3/h12H,4-11,14H2,1-3H3. The minimum absolute atomic E-state index is 0.198. The summed E-state index contributed by atoms with van der Waals surface area (Å²) in [5.41, 5.74) is 6.26. The highest BCUT2D eigenvalue weighted by Crippen LogP contribution is 2.34. The number of ether oxygens (including phenoxy) is 1. The van der Waals surface area contributed by atoms with Crippen molar-refractivity contribution in [2.24, 2.45) is 5.73 Å². The number of hydrogen-bond donors (Lipinski definition) is 1. The molecule has 0 heterocycles. The van der Waals surface area contributed by atoms with Gasteiger partial charge < -0.3 is 10.5 Å². The molecule has 0 spiro atoms. The van der Waals surface area contributed by atoms with Gasteiger partial charge in [-0.3, -0.25) is 4.90 Å². The topological polar surface area (TPSA) is 38.5 Å². The average Bonchev–Trinajstić information content (AvgIpc) is 2.35. The Morgan fingerprint density at radius 3 is 2.69 bits per heavy atom. The van der Waals surface area contributed by atoms with E-state index in [1.165, 1.54) is 25.7 Å². The lowest BCUT2D eigenvalue weighted by atomic mass is 9.78. The molecule has 0 aromatic carbocycles. The number of methoxy groups -OCH3 is 1. The number of hydrogen-bond acceptors (Lipinski definition) is 3. The minimum Gasteiger partial charge on any atom is -0.381 e.